The lowest BCUT2D eigenvalue weighted by molar-refractivity contribution is -0.137. The highest BCUT2D eigenvalue weighted by Gasteiger charge is 2.31. The molecule has 0 saturated carbocycles. The topological polar surface area (TPSA) is 58.2 Å². The van der Waals surface area contributed by atoms with E-state index in [0.29, 0.717) is 6.54 Å². The molecule has 1 aromatic carbocycles. The van der Waals surface area contributed by atoms with Crippen molar-refractivity contribution in [1.82, 2.24) is 10.6 Å². The van der Waals surface area contributed by atoms with Crippen LogP contribution < -0.4 is 10.6 Å². The van der Waals surface area contributed by atoms with E-state index in [0.717, 1.165) is 25.1 Å². The van der Waals surface area contributed by atoms with Gasteiger partial charge in [-0.2, -0.15) is 13.2 Å². The zero-order chi connectivity index (χ0) is 15.5. The highest BCUT2D eigenvalue weighted by molar-refractivity contribution is 5.97. The van der Waals surface area contributed by atoms with Gasteiger partial charge in [0.25, 0.3) is 5.91 Å². The molecule has 1 saturated heterocycles. The third kappa shape index (κ3) is 4.04. The molecule has 1 aliphatic rings. The molecule has 7 heteroatoms. The molecule has 21 heavy (non-hydrogen) atoms. The number of rotatable bonds is 4. The first-order chi connectivity index (χ1) is 9.88. The molecule has 4 nitrogen and oxygen atoms in total. The van der Waals surface area contributed by atoms with Crippen molar-refractivity contribution in [1.29, 1.82) is 0 Å². The zero-order valence-corrected chi connectivity index (χ0v) is 11.2. The van der Waals surface area contributed by atoms with Gasteiger partial charge in [-0.15, -0.1) is 0 Å². The molecule has 0 radical (unpaired) electrons. The van der Waals surface area contributed by atoms with E-state index >= 15 is 0 Å². The number of hydrogen-bond acceptors (Lipinski definition) is 3. The number of alkyl halides is 3. The van der Waals surface area contributed by atoms with Crippen LogP contribution in [0.25, 0.3) is 0 Å². The standard InChI is InChI=1S/C14H15F3N2O2/c15-14(16,17)11-3-1-2-9(6-11)13(21)19-8-12(20)10-4-5-18-7-10/h1-3,6,10,18H,4-5,7-8H2,(H,19,21)/t10-/m1/s1. The molecule has 1 amide bonds. The first-order valence-electron chi connectivity index (χ1n) is 6.57. The van der Waals surface area contributed by atoms with Crippen LogP contribution >= 0.6 is 0 Å². The summed E-state index contributed by atoms with van der Waals surface area (Å²) in [4.78, 5) is 23.6. The van der Waals surface area contributed by atoms with Crippen molar-refractivity contribution in [3.8, 4) is 0 Å². The Balaban J connectivity index is 1.95. The molecule has 1 aromatic rings. The second-order valence-electron chi connectivity index (χ2n) is 4.92. The lowest BCUT2D eigenvalue weighted by atomic mass is 10.0. The number of carbonyl (C=O) groups is 2. The molecule has 1 heterocycles. The summed E-state index contributed by atoms with van der Waals surface area (Å²) in [6, 6.07) is 4.12. The molecule has 0 bridgehead atoms. The molecule has 0 aliphatic carbocycles. The minimum absolute atomic E-state index is 0.109. The molecule has 0 spiro atoms. The molecule has 0 aromatic heterocycles. The van der Waals surface area contributed by atoms with E-state index in [9.17, 15) is 22.8 Å². The maximum Gasteiger partial charge on any atom is 0.416 e. The van der Waals surface area contributed by atoms with Crippen molar-refractivity contribution in [3.05, 3.63) is 35.4 Å². The molecule has 2 N–H and O–H groups in total. The molecule has 1 atom stereocenters. The van der Waals surface area contributed by atoms with Crippen molar-refractivity contribution < 1.29 is 22.8 Å². The number of Topliss-reactive ketones (excluding diaryl/α,β-unsaturated/α-hetero) is 1. The van der Waals surface area contributed by atoms with Gasteiger partial charge in [0, 0.05) is 18.0 Å². The Morgan fingerprint density at radius 3 is 2.71 bits per heavy atom. The van der Waals surface area contributed by atoms with Gasteiger partial charge >= 0.3 is 6.18 Å². The summed E-state index contributed by atoms with van der Waals surface area (Å²) in [7, 11) is 0. The van der Waals surface area contributed by atoms with Gasteiger partial charge in [-0.3, -0.25) is 9.59 Å². The number of benzene rings is 1. The van der Waals surface area contributed by atoms with Gasteiger partial charge in [0.05, 0.1) is 12.1 Å². The highest BCUT2D eigenvalue weighted by atomic mass is 19.4. The van der Waals surface area contributed by atoms with E-state index in [2.05, 4.69) is 10.6 Å². The van der Waals surface area contributed by atoms with Gasteiger partial charge in [-0.25, -0.2) is 0 Å². The number of hydrogen-bond donors (Lipinski definition) is 2. The fraction of sp³-hybridized carbons (Fsp3) is 0.429. The first kappa shape index (κ1) is 15.5. The summed E-state index contributed by atoms with van der Waals surface area (Å²) in [6.45, 7) is 1.18. The van der Waals surface area contributed by atoms with E-state index in [1.165, 1.54) is 12.1 Å². The van der Waals surface area contributed by atoms with Gasteiger partial charge in [-0.05, 0) is 31.2 Å². The normalized spacial score (nSPS) is 18.5. The second kappa shape index (κ2) is 6.26. The Hall–Kier alpha value is -1.89. The van der Waals surface area contributed by atoms with Gasteiger partial charge < -0.3 is 10.6 Å². The summed E-state index contributed by atoms with van der Waals surface area (Å²) in [5, 5.41) is 5.41. The van der Waals surface area contributed by atoms with Crippen molar-refractivity contribution in [3.63, 3.8) is 0 Å². The van der Waals surface area contributed by atoms with Crippen molar-refractivity contribution in [2.45, 2.75) is 12.6 Å². The highest BCUT2D eigenvalue weighted by Crippen LogP contribution is 2.29. The van der Waals surface area contributed by atoms with Crippen LogP contribution in [0, 0.1) is 5.92 Å². The predicted molar refractivity (Wildman–Crippen MR) is 69.8 cm³/mol. The third-order valence-electron chi connectivity index (χ3n) is 3.39. The van der Waals surface area contributed by atoms with Crippen molar-refractivity contribution >= 4 is 11.7 Å². The fourth-order valence-corrected chi connectivity index (χ4v) is 2.18. The smallest absolute Gasteiger partial charge is 0.345 e. The maximum absolute atomic E-state index is 12.6. The van der Waals surface area contributed by atoms with Gasteiger partial charge in [-0.1, -0.05) is 6.07 Å². The molecule has 2 rings (SSSR count). The summed E-state index contributed by atoms with van der Waals surface area (Å²) in [6.07, 6.45) is -3.78. The SMILES string of the molecule is O=C(NCC(=O)[C@@H]1CCNC1)c1cccc(C(F)(F)F)c1. The van der Waals surface area contributed by atoms with Crippen LogP contribution in [-0.4, -0.2) is 31.3 Å². The average molecular weight is 300 g/mol. The van der Waals surface area contributed by atoms with Crippen molar-refractivity contribution in [2.24, 2.45) is 5.92 Å². The lowest BCUT2D eigenvalue weighted by Crippen LogP contribution is -2.33. The Morgan fingerprint density at radius 2 is 2.10 bits per heavy atom. The third-order valence-corrected chi connectivity index (χ3v) is 3.39. The molecular formula is C14H15F3N2O2. The second-order valence-corrected chi connectivity index (χ2v) is 4.92. The minimum Gasteiger partial charge on any atom is -0.345 e. The number of amides is 1. The molecule has 1 aliphatic heterocycles. The largest absolute Gasteiger partial charge is 0.416 e. The van der Waals surface area contributed by atoms with Crippen LogP contribution in [-0.2, 0) is 11.0 Å². The molecule has 0 unspecified atom stereocenters. The van der Waals surface area contributed by atoms with Crippen LogP contribution in [0.2, 0.25) is 0 Å². The van der Waals surface area contributed by atoms with E-state index in [-0.39, 0.29) is 23.8 Å². The quantitative estimate of drug-likeness (QED) is 0.888. The van der Waals surface area contributed by atoms with Gasteiger partial charge in [0.1, 0.15) is 0 Å². The van der Waals surface area contributed by atoms with Crippen LogP contribution in [0.1, 0.15) is 22.3 Å². The van der Waals surface area contributed by atoms with E-state index in [1.54, 1.807) is 0 Å². The zero-order valence-electron chi connectivity index (χ0n) is 11.2. The number of nitrogens with one attached hydrogen (secondary N) is 2. The predicted octanol–water partition coefficient (Wildman–Crippen LogP) is 1.61. The first-order valence-corrected chi connectivity index (χ1v) is 6.57. The van der Waals surface area contributed by atoms with Gasteiger partial charge in [0.2, 0.25) is 0 Å². The fourth-order valence-electron chi connectivity index (χ4n) is 2.18. The maximum atomic E-state index is 12.6. The monoisotopic (exact) mass is 300 g/mol. The van der Waals surface area contributed by atoms with E-state index in [4.69, 9.17) is 0 Å². The van der Waals surface area contributed by atoms with Crippen LogP contribution in [0.4, 0.5) is 13.2 Å². The number of carbonyl (C=O) groups excluding carboxylic acids is 2. The Labute approximate surface area is 119 Å². The van der Waals surface area contributed by atoms with E-state index in [1.807, 2.05) is 0 Å². The summed E-state index contributed by atoms with van der Waals surface area (Å²) in [5.74, 6) is -0.924. The number of halogens is 3. The van der Waals surface area contributed by atoms with Crippen molar-refractivity contribution in [2.75, 3.05) is 19.6 Å². The Kier molecular flexibility index (Phi) is 4.62. The number of ketones is 1. The van der Waals surface area contributed by atoms with Crippen LogP contribution in [0.15, 0.2) is 24.3 Å². The van der Waals surface area contributed by atoms with Gasteiger partial charge in [0.15, 0.2) is 5.78 Å². The molecule has 1 fully saturated rings. The summed E-state index contributed by atoms with van der Waals surface area (Å²) >= 11 is 0. The van der Waals surface area contributed by atoms with Crippen LogP contribution in [0.3, 0.4) is 0 Å². The summed E-state index contributed by atoms with van der Waals surface area (Å²) < 4.78 is 37.7. The minimum atomic E-state index is -4.50. The average Bonchev–Trinajstić information content (AvgIpc) is 2.98. The van der Waals surface area contributed by atoms with Crippen LogP contribution in [0.5, 0.6) is 0 Å². The van der Waals surface area contributed by atoms with E-state index < -0.39 is 17.6 Å². The molecule has 114 valence electrons. The summed E-state index contributed by atoms with van der Waals surface area (Å²) in [5.41, 5.74) is -0.997. The Morgan fingerprint density at radius 1 is 1.33 bits per heavy atom. The lowest BCUT2D eigenvalue weighted by Gasteiger charge is -2.10. The molecular weight excluding hydrogens is 285 g/mol. The Bertz CT molecular complexity index is 537.